The predicted molar refractivity (Wildman–Crippen MR) is 139 cm³/mol. The van der Waals surface area contributed by atoms with Crippen molar-refractivity contribution in [1.29, 1.82) is 0 Å². The minimum absolute atomic E-state index is 0. The average molecular weight is 542 g/mol. The Balaban J connectivity index is 0.00000341. The van der Waals surface area contributed by atoms with E-state index in [1.54, 1.807) is 4.90 Å². The molecule has 6 nitrogen and oxygen atoms in total. The molecule has 2 aliphatic rings. The van der Waals surface area contributed by atoms with Gasteiger partial charge in [-0.3, -0.25) is 14.7 Å². The number of hydrogen-bond acceptors (Lipinski definition) is 3. The summed E-state index contributed by atoms with van der Waals surface area (Å²) in [7, 11) is 3.70. The van der Waals surface area contributed by atoms with Crippen molar-refractivity contribution in [2.75, 3.05) is 46.8 Å². The van der Waals surface area contributed by atoms with E-state index < -0.39 is 0 Å². The molecule has 0 bridgehead atoms. The van der Waals surface area contributed by atoms with E-state index in [4.69, 9.17) is 4.99 Å². The molecule has 1 aliphatic heterocycles. The minimum atomic E-state index is 0. The zero-order valence-corrected chi connectivity index (χ0v) is 21.7. The van der Waals surface area contributed by atoms with Gasteiger partial charge >= 0.3 is 0 Å². The summed E-state index contributed by atoms with van der Waals surface area (Å²) in [5.41, 5.74) is 1.63. The number of carbonyl (C=O) groups excluding carboxylic acids is 1. The van der Waals surface area contributed by atoms with Crippen LogP contribution in [-0.2, 0) is 10.2 Å². The Morgan fingerprint density at radius 1 is 1.19 bits per heavy atom. The van der Waals surface area contributed by atoms with Gasteiger partial charge in [-0.25, -0.2) is 0 Å². The molecular formula is C24H40IN5O. The third kappa shape index (κ3) is 6.81. The van der Waals surface area contributed by atoms with Gasteiger partial charge in [0, 0.05) is 39.1 Å². The van der Waals surface area contributed by atoms with E-state index in [1.807, 2.05) is 14.1 Å². The lowest BCUT2D eigenvalue weighted by Gasteiger charge is -2.41. The molecule has 1 atom stereocenters. The van der Waals surface area contributed by atoms with Gasteiger partial charge in [-0.1, -0.05) is 36.8 Å². The molecule has 1 aromatic rings. The van der Waals surface area contributed by atoms with E-state index in [0.29, 0.717) is 0 Å². The Morgan fingerprint density at radius 3 is 2.55 bits per heavy atom. The summed E-state index contributed by atoms with van der Waals surface area (Å²) in [4.78, 5) is 21.4. The summed E-state index contributed by atoms with van der Waals surface area (Å²) in [5.74, 6) is 1.14. The molecule has 1 aromatic carbocycles. The molecule has 1 saturated carbocycles. The second-order valence-electron chi connectivity index (χ2n) is 8.90. The van der Waals surface area contributed by atoms with Gasteiger partial charge in [-0.2, -0.15) is 0 Å². The van der Waals surface area contributed by atoms with Crippen LogP contribution in [0.4, 0.5) is 0 Å². The van der Waals surface area contributed by atoms with Crippen LogP contribution in [0.15, 0.2) is 35.3 Å². The summed E-state index contributed by atoms with van der Waals surface area (Å²) in [6.45, 7) is 6.63. The monoisotopic (exact) mass is 541 g/mol. The van der Waals surface area contributed by atoms with Gasteiger partial charge in [0.15, 0.2) is 5.96 Å². The maximum Gasteiger partial charge on any atom is 0.239 e. The Bertz CT molecular complexity index is 705. The summed E-state index contributed by atoms with van der Waals surface area (Å²) in [6, 6.07) is 10.9. The van der Waals surface area contributed by atoms with Crippen LogP contribution in [0.5, 0.6) is 0 Å². The molecule has 2 N–H and O–H groups in total. The first-order valence-electron chi connectivity index (χ1n) is 11.6. The van der Waals surface area contributed by atoms with E-state index in [1.165, 1.54) is 24.8 Å². The molecule has 3 rings (SSSR count). The van der Waals surface area contributed by atoms with E-state index in [2.05, 4.69) is 52.8 Å². The molecule has 174 valence electrons. The number of guanidine groups is 1. The number of likely N-dealkylation sites (N-methyl/N-ethyl adjacent to an activating group) is 1. The summed E-state index contributed by atoms with van der Waals surface area (Å²) < 4.78 is 0. The second-order valence-corrected chi connectivity index (χ2v) is 8.90. The minimum Gasteiger partial charge on any atom is -0.357 e. The topological polar surface area (TPSA) is 60.0 Å². The van der Waals surface area contributed by atoms with Crippen LogP contribution in [0.25, 0.3) is 0 Å². The number of likely N-dealkylation sites (tertiary alicyclic amines) is 1. The van der Waals surface area contributed by atoms with E-state index >= 15 is 0 Å². The smallest absolute Gasteiger partial charge is 0.239 e. The fourth-order valence-electron chi connectivity index (χ4n) is 4.67. The number of amides is 1. The summed E-state index contributed by atoms with van der Waals surface area (Å²) in [5, 5.41) is 6.89. The Labute approximate surface area is 205 Å². The van der Waals surface area contributed by atoms with Crippen LogP contribution >= 0.6 is 24.0 Å². The molecule has 0 radical (unpaired) electrons. The molecular weight excluding hydrogens is 501 g/mol. The molecule has 1 amide bonds. The Kier molecular flexibility index (Phi) is 10.6. The molecule has 2 fully saturated rings. The van der Waals surface area contributed by atoms with Crippen LogP contribution in [0.2, 0.25) is 0 Å². The molecule has 31 heavy (non-hydrogen) atoms. The van der Waals surface area contributed by atoms with Crippen molar-refractivity contribution in [2.24, 2.45) is 4.99 Å². The summed E-state index contributed by atoms with van der Waals surface area (Å²) >= 11 is 0. The summed E-state index contributed by atoms with van der Waals surface area (Å²) in [6.07, 6.45) is 6.83. The van der Waals surface area contributed by atoms with E-state index in [0.717, 1.165) is 57.9 Å². The number of benzene rings is 1. The van der Waals surface area contributed by atoms with Gasteiger partial charge in [0.2, 0.25) is 5.91 Å². The molecule has 1 aliphatic carbocycles. The molecule has 7 heteroatoms. The van der Waals surface area contributed by atoms with Gasteiger partial charge in [0.25, 0.3) is 0 Å². The fourth-order valence-corrected chi connectivity index (χ4v) is 4.67. The van der Waals surface area contributed by atoms with Crippen LogP contribution in [0.3, 0.4) is 0 Å². The highest BCUT2D eigenvalue weighted by atomic mass is 127. The van der Waals surface area contributed by atoms with Crippen molar-refractivity contribution in [3.63, 3.8) is 0 Å². The first-order valence-corrected chi connectivity index (χ1v) is 11.6. The number of nitrogens with zero attached hydrogens (tertiary/aromatic N) is 3. The molecule has 0 spiro atoms. The number of rotatable bonds is 9. The zero-order valence-electron chi connectivity index (χ0n) is 19.4. The van der Waals surface area contributed by atoms with Crippen molar-refractivity contribution in [3.8, 4) is 0 Å². The highest BCUT2D eigenvalue weighted by Crippen LogP contribution is 2.43. The van der Waals surface area contributed by atoms with Crippen molar-refractivity contribution < 1.29 is 4.79 Å². The van der Waals surface area contributed by atoms with Gasteiger partial charge < -0.3 is 15.5 Å². The maximum atomic E-state index is 12.4. The van der Waals surface area contributed by atoms with Crippen molar-refractivity contribution in [3.05, 3.63) is 35.9 Å². The third-order valence-corrected chi connectivity index (χ3v) is 6.58. The second kappa shape index (κ2) is 12.6. The van der Waals surface area contributed by atoms with Gasteiger partial charge in [-0.05, 0) is 51.1 Å². The number of halogens is 1. The maximum absolute atomic E-state index is 12.4. The van der Waals surface area contributed by atoms with Crippen LogP contribution in [0, 0.1) is 0 Å². The van der Waals surface area contributed by atoms with Crippen molar-refractivity contribution in [2.45, 2.75) is 56.9 Å². The number of nitrogens with one attached hydrogen (secondary N) is 2. The number of aliphatic imine (C=N–C) groups is 1. The lowest BCUT2D eigenvalue weighted by atomic mass is 9.64. The SMILES string of the molecule is CCNC(=NCC1(c2ccccc2)CCC1)NCCCN1CCCC1C(=O)N(C)C.I. The van der Waals surface area contributed by atoms with Crippen molar-refractivity contribution in [1.82, 2.24) is 20.4 Å². The number of carbonyl (C=O) groups is 1. The van der Waals surface area contributed by atoms with Crippen LogP contribution in [0.1, 0.15) is 51.0 Å². The number of hydrogen-bond donors (Lipinski definition) is 2. The lowest BCUT2D eigenvalue weighted by molar-refractivity contribution is -0.133. The van der Waals surface area contributed by atoms with Crippen LogP contribution in [-0.4, -0.2) is 74.5 Å². The van der Waals surface area contributed by atoms with Gasteiger partial charge in [0.1, 0.15) is 0 Å². The third-order valence-electron chi connectivity index (χ3n) is 6.58. The molecule has 1 saturated heterocycles. The predicted octanol–water partition coefficient (Wildman–Crippen LogP) is 3.22. The largest absolute Gasteiger partial charge is 0.357 e. The highest BCUT2D eigenvalue weighted by Gasteiger charge is 2.38. The fraction of sp³-hybridized carbons (Fsp3) is 0.667. The normalized spacial score (nSPS) is 20.5. The molecule has 1 unspecified atom stereocenters. The lowest BCUT2D eigenvalue weighted by Crippen LogP contribution is -2.44. The Hall–Kier alpha value is -1.35. The molecule has 1 heterocycles. The quantitative estimate of drug-likeness (QED) is 0.218. The first kappa shape index (κ1) is 25.9. The van der Waals surface area contributed by atoms with E-state index in [-0.39, 0.29) is 41.3 Å². The van der Waals surface area contributed by atoms with Gasteiger partial charge in [-0.15, -0.1) is 24.0 Å². The van der Waals surface area contributed by atoms with Crippen LogP contribution < -0.4 is 10.6 Å². The standard InChI is InChI=1S/C24H39N5O.HI/c1-4-25-23(27-19-24(14-9-15-24)20-11-6-5-7-12-20)26-16-10-18-29-17-8-13-21(29)22(30)28(2)3;/h5-7,11-12,21H,4,8-10,13-19H2,1-3H3,(H2,25,26,27);1H. The Morgan fingerprint density at radius 2 is 1.94 bits per heavy atom. The highest BCUT2D eigenvalue weighted by molar-refractivity contribution is 14.0. The van der Waals surface area contributed by atoms with E-state index in [9.17, 15) is 4.79 Å². The van der Waals surface area contributed by atoms with Gasteiger partial charge in [0.05, 0.1) is 12.6 Å². The van der Waals surface area contributed by atoms with Crippen molar-refractivity contribution >= 4 is 35.8 Å². The molecule has 0 aromatic heterocycles. The first-order chi connectivity index (χ1) is 14.6. The average Bonchev–Trinajstić information content (AvgIpc) is 3.18. The zero-order chi connectivity index (χ0) is 21.4.